The van der Waals surface area contributed by atoms with Gasteiger partial charge in [-0.05, 0) is 26.7 Å². The molecule has 5 nitrogen and oxygen atoms in total. The molecular weight excluding hydrogens is 252 g/mol. The smallest absolute Gasteiger partial charge is 0.268 e. The Bertz CT molecular complexity index is 436. The van der Waals surface area contributed by atoms with Crippen LogP contribution in [0.15, 0.2) is 17.1 Å². The number of nitrogens with zero attached hydrogens (tertiary/aromatic N) is 3. The van der Waals surface area contributed by atoms with Gasteiger partial charge < -0.3 is 10.2 Å². The van der Waals surface area contributed by atoms with Gasteiger partial charge in [0.05, 0.1) is 18.4 Å². The molecule has 0 bridgehead atoms. The van der Waals surface area contributed by atoms with Crippen molar-refractivity contribution >= 4 is 5.69 Å². The van der Waals surface area contributed by atoms with Gasteiger partial charge in [0, 0.05) is 31.7 Å². The number of aromatic nitrogens is 2. The lowest BCUT2D eigenvalue weighted by molar-refractivity contribution is 0.447. The molecule has 5 heteroatoms. The summed E-state index contributed by atoms with van der Waals surface area (Å²) < 4.78 is 1.53. The summed E-state index contributed by atoms with van der Waals surface area (Å²) in [7, 11) is 0. The van der Waals surface area contributed by atoms with Crippen LogP contribution in [0, 0.1) is 0 Å². The van der Waals surface area contributed by atoms with E-state index in [1.54, 1.807) is 12.3 Å². The van der Waals surface area contributed by atoms with Gasteiger partial charge in [-0.2, -0.15) is 5.10 Å². The lowest BCUT2D eigenvalue weighted by atomic mass is 10.2. The SMILES string of the molecule is CCC(CC)NCCn1ncc(N(CC)CC)cc1=O. The molecule has 1 aromatic heterocycles. The minimum Gasteiger partial charge on any atom is -0.371 e. The first-order valence-electron chi connectivity index (χ1n) is 7.71. The lowest BCUT2D eigenvalue weighted by Gasteiger charge is -2.20. The van der Waals surface area contributed by atoms with Crippen molar-refractivity contribution in [3.8, 4) is 0 Å². The zero-order chi connectivity index (χ0) is 15.0. The highest BCUT2D eigenvalue weighted by molar-refractivity contribution is 5.42. The van der Waals surface area contributed by atoms with Crippen molar-refractivity contribution in [1.29, 1.82) is 0 Å². The largest absolute Gasteiger partial charge is 0.371 e. The van der Waals surface area contributed by atoms with Crippen LogP contribution in [0.2, 0.25) is 0 Å². The molecule has 0 unspecified atom stereocenters. The number of anilines is 1. The predicted molar refractivity (Wildman–Crippen MR) is 84.4 cm³/mol. The molecule has 0 aliphatic heterocycles. The van der Waals surface area contributed by atoms with Crippen molar-refractivity contribution in [3.63, 3.8) is 0 Å². The van der Waals surface area contributed by atoms with Crippen molar-refractivity contribution in [1.82, 2.24) is 15.1 Å². The first-order chi connectivity index (χ1) is 9.65. The van der Waals surface area contributed by atoms with Crippen molar-refractivity contribution in [2.75, 3.05) is 24.5 Å². The van der Waals surface area contributed by atoms with Crippen LogP contribution in [0.25, 0.3) is 0 Å². The van der Waals surface area contributed by atoms with Crippen LogP contribution in [-0.2, 0) is 6.54 Å². The summed E-state index contributed by atoms with van der Waals surface area (Å²) in [6, 6.07) is 2.21. The molecule has 0 amide bonds. The maximum Gasteiger partial charge on any atom is 0.268 e. The van der Waals surface area contributed by atoms with Gasteiger partial charge in [-0.1, -0.05) is 13.8 Å². The summed E-state index contributed by atoms with van der Waals surface area (Å²) in [5, 5.41) is 7.71. The first-order valence-corrected chi connectivity index (χ1v) is 7.71. The van der Waals surface area contributed by atoms with Crippen LogP contribution in [-0.4, -0.2) is 35.5 Å². The Morgan fingerprint density at radius 3 is 2.40 bits per heavy atom. The Morgan fingerprint density at radius 2 is 1.90 bits per heavy atom. The van der Waals surface area contributed by atoms with Gasteiger partial charge in [-0.15, -0.1) is 0 Å². The zero-order valence-electron chi connectivity index (χ0n) is 13.2. The third kappa shape index (κ3) is 4.63. The number of hydrogen-bond acceptors (Lipinski definition) is 4. The summed E-state index contributed by atoms with van der Waals surface area (Å²) in [6.45, 7) is 11.7. The number of hydrogen-bond donors (Lipinski definition) is 1. The third-order valence-electron chi connectivity index (χ3n) is 3.73. The molecule has 0 aliphatic rings. The fraction of sp³-hybridized carbons (Fsp3) is 0.733. The minimum absolute atomic E-state index is 0.0271. The highest BCUT2D eigenvalue weighted by Crippen LogP contribution is 2.07. The molecule has 1 rings (SSSR count). The zero-order valence-corrected chi connectivity index (χ0v) is 13.2. The summed E-state index contributed by atoms with van der Waals surface area (Å²) in [5.41, 5.74) is 0.880. The molecule has 1 heterocycles. The second-order valence-corrected chi connectivity index (χ2v) is 4.91. The molecule has 0 saturated carbocycles. The van der Waals surface area contributed by atoms with E-state index in [0.717, 1.165) is 38.2 Å². The maximum absolute atomic E-state index is 12.0. The Kier molecular flexibility index (Phi) is 7.30. The van der Waals surface area contributed by atoms with E-state index in [1.165, 1.54) is 4.68 Å². The Labute approximate surface area is 122 Å². The average Bonchev–Trinajstić information content (AvgIpc) is 2.47. The highest BCUT2D eigenvalue weighted by Gasteiger charge is 2.06. The van der Waals surface area contributed by atoms with Crippen molar-refractivity contribution < 1.29 is 0 Å². The van der Waals surface area contributed by atoms with E-state index in [2.05, 4.69) is 43.0 Å². The Morgan fingerprint density at radius 1 is 1.25 bits per heavy atom. The molecule has 1 aromatic rings. The minimum atomic E-state index is -0.0271. The second kappa shape index (κ2) is 8.74. The Hall–Kier alpha value is -1.36. The van der Waals surface area contributed by atoms with E-state index in [9.17, 15) is 4.79 Å². The van der Waals surface area contributed by atoms with Crippen LogP contribution < -0.4 is 15.8 Å². The highest BCUT2D eigenvalue weighted by atomic mass is 16.1. The Balaban J connectivity index is 2.62. The van der Waals surface area contributed by atoms with E-state index >= 15 is 0 Å². The van der Waals surface area contributed by atoms with E-state index in [1.807, 2.05) is 0 Å². The van der Waals surface area contributed by atoms with Crippen LogP contribution in [0.3, 0.4) is 0 Å². The molecular formula is C15H28N4O. The van der Waals surface area contributed by atoms with Crippen LogP contribution in [0.1, 0.15) is 40.5 Å². The maximum atomic E-state index is 12.0. The standard InChI is InChI=1S/C15H28N4O/c1-5-13(6-2)16-9-10-19-15(20)11-14(12-17-19)18(7-3)8-4/h11-13,16H,5-10H2,1-4H3. The number of nitrogens with one attached hydrogen (secondary N) is 1. The molecule has 0 radical (unpaired) electrons. The topological polar surface area (TPSA) is 50.2 Å². The fourth-order valence-electron chi connectivity index (χ4n) is 2.31. The van der Waals surface area contributed by atoms with Crippen molar-refractivity contribution in [2.45, 2.75) is 53.1 Å². The van der Waals surface area contributed by atoms with Gasteiger partial charge in [0.25, 0.3) is 5.56 Å². The molecule has 0 atom stereocenters. The number of rotatable bonds is 9. The third-order valence-corrected chi connectivity index (χ3v) is 3.73. The predicted octanol–water partition coefficient (Wildman–Crippen LogP) is 1.87. The average molecular weight is 280 g/mol. The molecule has 0 aliphatic carbocycles. The summed E-state index contributed by atoms with van der Waals surface area (Å²) in [4.78, 5) is 14.2. The van der Waals surface area contributed by atoms with Crippen LogP contribution in [0.5, 0.6) is 0 Å². The van der Waals surface area contributed by atoms with Gasteiger partial charge in [0.2, 0.25) is 0 Å². The van der Waals surface area contributed by atoms with Gasteiger partial charge in [0.1, 0.15) is 0 Å². The monoisotopic (exact) mass is 280 g/mol. The quantitative estimate of drug-likeness (QED) is 0.750. The van der Waals surface area contributed by atoms with Gasteiger partial charge >= 0.3 is 0 Å². The lowest BCUT2D eigenvalue weighted by Crippen LogP contribution is -2.34. The molecule has 20 heavy (non-hydrogen) atoms. The van der Waals surface area contributed by atoms with E-state index < -0.39 is 0 Å². The molecule has 0 saturated heterocycles. The van der Waals surface area contributed by atoms with Gasteiger partial charge in [0.15, 0.2) is 0 Å². The summed E-state index contributed by atoms with van der Waals surface area (Å²) >= 11 is 0. The molecule has 1 N–H and O–H groups in total. The normalized spacial score (nSPS) is 11.1. The van der Waals surface area contributed by atoms with E-state index in [4.69, 9.17) is 0 Å². The molecule has 0 aromatic carbocycles. The van der Waals surface area contributed by atoms with Crippen molar-refractivity contribution in [3.05, 3.63) is 22.6 Å². The van der Waals surface area contributed by atoms with Crippen LogP contribution in [0.4, 0.5) is 5.69 Å². The second-order valence-electron chi connectivity index (χ2n) is 4.91. The first kappa shape index (κ1) is 16.7. The van der Waals surface area contributed by atoms with Gasteiger partial charge in [-0.25, -0.2) is 4.68 Å². The van der Waals surface area contributed by atoms with Gasteiger partial charge in [-0.3, -0.25) is 4.79 Å². The molecule has 114 valence electrons. The molecule has 0 spiro atoms. The summed E-state index contributed by atoms with van der Waals surface area (Å²) in [6.07, 6.45) is 4.00. The van der Waals surface area contributed by atoms with Crippen molar-refractivity contribution in [2.24, 2.45) is 0 Å². The summed E-state index contributed by atoms with van der Waals surface area (Å²) in [5.74, 6) is 0. The fourth-order valence-corrected chi connectivity index (χ4v) is 2.31. The van der Waals surface area contributed by atoms with Crippen LogP contribution >= 0.6 is 0 Å². The molecule has 0 fully saturated rings. The van der Waals surface area contributed by atoms with E-state index in [0.29, 0.717) is 12.6 Å². The van der Waals surface area contributed by atoms with E-state index in [-0.39, 0.29) is 5.56 Å².